The zero-order chi connectivity index (χ0) is 23.9. The molecule has 1 aliphatic heterocycles. The Hall–Kier alpha value is -3.29. The molecular weight excluding hydrogens is 442 g/mol. The number of rotatable bonds is 6. The van der Waals surface area contributed by atoms with E-state index in [9.17, 15) is 14.7 Å². The number of likely N-dealkylation sites (N-methyl/N-ethyl adjacent to an activating group) is 1. The second kappa shape index (κ2) is 8.92. The van der Waals surface area contributed by atoms with Gasteiger partial charge in [-0.2, -0.15) is 0 Å². The highest BCUT2D eigenvalue weighted by atomic mass is 35.5. The molecular formula is C25H26ClN3O4. The molecule has 2 heterocycles. The highest BCUT2D eigenvalue weighted by Crippen LogP contribution is 2.43. The topological polar surface area (TPSA) is 85.9 Å². The van der Waals surface area contributed by atoms with Gasteiger partial charge in [0.1, 0.15) is 11.5 Å². The Morgan fingerprint density at radius 3 is 2.61 bits per heavy atom. The van der Waals surface area contributed by atoms with Gasteiger partial charge in [0.05, 0.1) is 23.7 Å². The first kappa shape index (κ1) is 22.9. The molecule has 172 valence electrons. The van der Waals surface area contributed by atoms with Gasteiger partial charge in [0.2, 0.25) is 0 Å². The zero-order valence-corrected chi connectivity index (χ0v) is 19.7. The van der Waals surface area contributed by atoms with Gasteiger partial charge in [0.25, 0.3) is 11.7 Å². The number of hydrogen-bond donors (Lipinski definition) is 2. The molecule has 7 nitrogen and oxygen atoms in total. The van der Waals surface area contributed by atoms with Crippen LogP contribution in [0.3, 0.4) is 0 Å². The van der Waals surface area contributed by atoms with E-state index in [4.69, 9.17) is 16.3 Å². The van der Waals surface area contributed by atoms with Gasteiger partial charge >= 0.3 is 0 Å². The Bertz CT molecular complexity index is 1280. The van der Waals surface area contributed by atoms with E-state index >= 15 is 0 Å². The fraction of sp³-hybridized carbons (Fsp3) is 0.280. The fourth-order valence-corrected chi connectivity index (χ4v) is 4.60. The first-order valence-corrected chi connectivity index (χ1v) is 11.0. The predicted molar refractivity (Wildman–Crippen MR) is 129 cm³/mol. The second-order valence-electron chi connectivity index (χ2n) is 8.35. The highest BCUT2D eigenvalue weighted by Gasteiger charge is 2.47. The number of aromatic nitrogens is 1. The Kier molecular flexibility index (Phi) is 6.19. The third-order valence-electron chi connectivity index (χ3n) is 5.97. The lowest BCUT2D eigenvalue weighted by atomic mass is 9.93. The van der Waals surface area contributed by atoms with E-state index in [0.717, 1.165) is 22.2 Å². The molecule has 2 aromatic carbocycles. The molecule has 1 fully saturated rings. The summed E-state index contributed by atoms with van der Waals surface area (Å²) in [4.78, 5) is 33.2. The number of nitrogens with one attached hydrogen (secondary N) is 1. The Morgan fingerprint density at radius 2 is 1.94 bits per heavy atom. The third kappa shape index (κ3) is 3.98. The number of amides is 1. The lowest BCUT2D eigenvalue weighted by Gasteiger charge is -2.27. The van der Waals surface area contributed by atoms with Gasteiger partial charge in [0, 0.05) is 40.8 Å². The summed E-state index contributed by atoms with van der Waals surface area (Å²) < 4.78 is 5.19. The van der Waals surface area contributed by atoms with Crippen LogP contribution in [0.5, 0.6) is 5.75 Å². The van der Waals surface area contributed by atoms with Crippen molar-refractivity contribution in [1.82, 2.24) is 14.8 Å². The molecule has 1 saturated heterocycles. The number of aliphatic hydroxyl groups is 1. The van der Waals surface area contributed by atoms with E-state index in [-0.39, 0.29) is 11.3 Å². The standard InChI is InChI=1S/C25H26ClN3O4/c1-14-20(16-7-5-6-8-18(16)27-14)22-21(24(31)25(32)29(22)12-11-28(2)3)23(30)15-9-10-19(33-4)17(26)13-15/h5-10,13,22,27,30H,11-12H2,1-4H3/b23-21+. The molecule has 1 aliphatic rings. The first-order valence-electron chi connectivity index (χ1n) is 10.6. The SMILES string of the molecule is COc1ccc(/C(O)=C2\C(=O)C(=O)N(CCN(C)C)C2c2c(C)[nH]c3ccccc23)cc1Cl. The second-order valence-corrected chi connectivity index (χ2v) is 8.76. The van der Waals surface area contributed by atoms with Crippen LogP contribution in [-0.2, 0) is 9.59 Å². The maximum atomic E-state index is 13.2. The number of ketones is 1. The highest BCUT2D eigenvalue weighted by molar-refractivity contribution is 6.46. The number of aryl methyl sites for hydroxylation is 1. The van der Waals surface area contributed by atoms with Gasteiger partial charge in [-0.1, -0.05) is 29.8 Å². The van der Waals surface area contributed by atoms with Crippen LogP contribution >= 0.6 is 11.6 Å². The number of nitrogens with zero attached hydrogens (tertiary/aromatic N) is 2. The number of likely N-dealkylation sites (tertiary alicyclic amines) is 1. The number of fused-ring (bicyclic) bond motifs is 1. The molecule has 1 amide bonds. The van der Waals surface area contributed by atoms with Crippen molar-refractivity contribution in [3.05, 3.63) is 69.9 Å². The molecule has 0 bridgehead atoms. The van der Waals surface area contributed by atoms with Crippen molar-refractivity contribution in [3.63, 3.8) is 0 Å². The largest absolute Gasteiger partial charge is 0.507 e. The summed E-state index contributed by atoms with van der Waals surface area (Å²) in [6.07, 6.45) is 0. The summed E-state index contributed by atoms with van der Waals surface area (Å²) in [6.45, 7) is 2.81. The van der Waals surface area contributed by atoms with Gasteiger partial charge in [-0.15, -0.1) is 0 Å². The van der Waals surface area contributed by atoms with Gasteiger partial charge in [-0.3, -0.25) is 9.59 Å². The quantitative estimate of drug-likeness (QED) is 0.323. The van der Waals surface area contributed by atoms with Gasteiger partial charge < -0.3 is 24.6 Å². The minimum atomic E-state index is -0.734. The van der Waals surface area contributed by atoms with Crippen LogP contribution in [0.1, 0.15) is 22.9 Å². The number of hydrogen-bond acceptors (Lipinski definition) is 5. The van der Waals surface area contributed by atoms with Crippen molar-refractivity contribution in [2.75, 3.05) is 34.3 Å². The van der Waals surface area contributed by atoms with Gasteiger partial charge in [0.15, 0.2) is 0 Å². The van der Waals surface area contributed by atoms with Crippen molar-refractivity contribution >= 4 is 40.0 Å². The summed E-state index contributed by atoms with van der Waals surface area (Å²) in [6, 6.07) is 11.8. The molecule has 33 heavy (non-hydrogen) atoms. The number of carbonyl (C=O) groups is 2. The Morgan fingerprint density at radius 1 is 1.21 bits per heavy atom. The molecule has 1 atom stereocenters. The Balaban J connectivity index is 1.94. The third-order valence-corrected chi connectivity index (χ3v) is 6.27. The number of Topliss-reactive ketones (excluding diaryl/α,β-unsaturated/α-hetero) is 1. The van der Waals surface area contributed by atoms with Crippen molar-refractivity contribution < 1.29 is 19.4 Å². The van der Waals surface area contributed by atoms with Crippen molar-refractivity contribution in [2.45, 2.75) is 13.0 Å². The Labute approximate surface area is 197 Å². The number of aromatic amines is 1. The number of ether oxygens (including phenoxy) is 1. The molecule has 8 heteroatoms. The van der Waals surface area contributed by atoms with Crippen LogP contribution in [0.15, 0.2) is 48.0 Å². The predicted octanol–water partition coefficient (Wildman–Crippen LogP) is 4.12. The van der Waals surface area contributed by atoms with Gasteiger partial charge in [-0.25, -0.2) is 0 Å². The molecule has 0 saturated carbocycles. The van der Waals surface area contributed by atoms with E-state index in [2.05, 4.69) is 4.98 Å². The summed E-state index contributed by atoms with van der Waals surface area (Å²) in [5, 5.41) is 12.5. The maximum absolute atomic E-state index is 13.2. The van der Waals surface area contributed by atoms with Crippen LogP contribution in [-0.4, -0.2) is 65.9 Å². The zero-order valence-electron chi connectivity index (χ0n) is 19.0. The van der Waals surface area contributed by atoms with Crippen LogP contribution in [0.4, 0.5) is 0 Å². The molecule has 0 spiro atoms. The van der Waals surface area contributed by atoms with E-state index in [1.807, 2.05) is 50.2 Å². The summed E-state index contributed by atoms with van der Waals surface area (Å²) in [5.74, 6) is -1.16. The molecule has 2 N–H and O–H groups in total. The average molecular weight is 468 g/mol. The van der Waals surface area contributed by atoms with Crippen LogP contribution in [0.2, 0.25) is 5.02 Å². The molecule has 1 aromatic heterocycles. The number of halogens is 1. The molecule has 0 aliphatic carbocycles. The summed E-state index contributed by atoms with van der Waals surface area (Å²) >= 11 is 6.27. The monoisotopic (exact) mass is 467 g/mol. The van der Waals surface area contributed by atoms with Crippen molar-refractivity contribution in [2.24, 2.45) is 0 Å². The smallest absolute Gasteiger partial charge is 0.295 e. The number of aliphatic hydroxyl groups excluding tert-OH is 1. The summed E-state index contributed by atoms with van der Waals surface area (Å²) in [7, 11) is 5.31. The minimum absolute atomic E-state index is 0.0489. The van der Waals surface area contributed by atoms with E-state index in [1.165, 1.54) is 13.2 Å². The van der Waals surface area contributed by atoms with Crippen LogP contribution in [0, 0.1) is 6.92 Å². The van der Waals surface area contributed by atoms with Gasteiger partial charge in [-0.05, 0) is 45.3 Å². The van der Waals surface area contributed by atoms with E-state index in [1.54, 1.807) is 17.0 Å². The lowest BCUT2D eigenvalue weighted by Crippen LogP contribution is -2.35. The maximum Gasteiger partial charge on any atom is 0.295 e. The summed E-state index contributed by atoms with van der Waals surface area (Å²) in [5.41, 5.74) is 2.92. The number of H-pyrrole nitrogens is 1. The van der Waals surface area contributed by atoms with Crippen LogP contribution < -0.4 is 4.74 Å². The lowest BCUT2D eigenvalue weighted by molar-refractivity contribution is -0.140. The van der Waals surface area contributed by atoms with E-state index in [0.29, 0.717) is 29.4 Å². The molecule has 4 rings (SSSR count). The van der Waals surface area contributed by atoms with Crippen molar-refractivity contribution in [3.8, 4) is 5.75 Å². The first-order chi connectivity index (χ1) is 15.7. The molecule has 1 unspecified atom stereocenters. The molecule has 3 aromatic rings. The number of methoxy groups -OCH3 is 1. The van der Waals surface area contributed by atoms with Crippen LogP contribution in [0.25, 0.3) is 16.7 Å². The fourth-order valence-electron chi connectivity index (χ4n) is 4.34. The minimum Gasteiger partial charge on any atom is -0.507 e. The van der Waals surface area contributed by atoms with Crippen molar-refractivity contribution in [1.29, 1.82) is 0 Å². The number of para-hydroxylation sites is 1. The molecule has 0 radical (unpaired) electrons. The number of carbonyl (C=O) groups excluding carboxylic acids is 2. The number of benzene rings is 2. The van der Waals surface area contributed by atoms with E-state index < -0.39 is 17.7 Å². The average Bonchev–Trinajstić information content (AvgIpc) is 3.24. The normalized spacial score (nSPS) is 18.0.